The Hall–Kier alpha value is -2.31. The summed E-state index contributed by atoms with van der Waals surface area (Å²) < 4.78 is 5.75. The number of ether oxygens (including phenoxy) is 1. The van der Waals surface area contributed by atoms with Gasteiger partial charge in [0, 0.05) is 6.07 Å². The zero-order valence-electron chi connectivity index (χ0n) is 12.1. The Kier molecular flexibility index (Phi) is 3.76. The molecule has 0 aliphatic carbocycles. The van der Waals surface area contributed by atoms with E-state index in [2.05, 4.69) is 0 Å². The second-order valence-corrected chi connectivity index (χ2v) is 6.16. The van der Waals surface area contributed by atoms with Gasteiger partial charge in [0.15, 0.2) is 0 Å². The van der Waals surface area contributed by atoms with E-state index < -0.39 is 11.0 Å². The molecule has 7 heteroatoms. The van der Waals surface area contributed by atoms with Gasteiger partial charge in [-0.2, -0.15) is 0 Å². The SMILES string of the molecule is CC(C)(C)C1C(Oc2cccc([N+](=O)[O-])c2)CN1C(=O)O. The van der Waals surface area contributed by atoms with Crippen molar-refractivity contribution in [3.8, 4) is 5.75 Å². The van der Waals surface area contributed by atoms with Crippen molar-refractivity contribution < 1.29 is 19.6 Å². The second kappa shape index (κ2) is 5.23. The highest BCUT2D eigenvalue weighted by Gasteiger charge is 2.50. The van der Waals surface area contributed by atoms with Crippen molar-refractivity contribution in [2.75, 3.05) is 6.54 Å². The van der Waals surface area contributed by atoms with Gasteiger partial charge in [-0.25, -0.2) is 4.79 Å². The van der Waals surface area contributed by atoms with Gasteiger partial charge in [-0.3, -0.25) is 15.0 Å². The summed E-state index contributed by atoms with van der Waals surface area (Å²) in [7, 11) is 0. The number of carboxylic acid groups (broad SMARTS) is 1. The van der Waals surface area contributed by atoms with Crippen molar-refractivity contribution in [1.29, 1.82) is 0 Å². The average Bonchev–Trinajstić information content (AvgIpc) is 2.31. The van der Waals surface area contributed by atoms with Gasteiger partial charge in [0.2, 0.25) is 0 Å². The second-order valence-electron chi connectivity index (χ2n) is 6.16. The number of rotatable bonds is 3. The molecule has 2 unspecified atom stereocenters. The first kappa shape index (κ1) is 15.1. The number of nitrogens with zero attached hydrogens (tertiary/aromatic N) is 2. The van der Waals surface area contributed by atoms with Gasteiger partial charge in [-0.05, 0) is 11.5 Å². The molecule has 0 saturated carbocycles. The Balaban J connectivity index is 2.15. The summed E-state index contributed by atoms with van der Waals surface area (Å²) in [5, 5.41) is 19.9. The van der Waals surface area contributed by atoms with E-state index in [1.807, 2.05) is 20.8 Å². The number of benzene rings is 1. The third kappa shape index (κ3) is 3.07. The molecule has 1 N–H and O–H groups in total. The summed E-state index contributed by atoms with van der Waals surface area (Å²) in [4.78, 5) is 22.8. The molecule has 1 aliphatic rings. The van der Waals surface area contributed by atoms with Gasteiger partial charge >= 0.3 is 6.09 Å². The Morgan fingerprint density at radius 2 is 2.14 bits per heavy atom. The summed E-state index contributed by atoms with van der Waals surface area (Å²) >= 11 is 0. The number of hydrogen-bond donors (Lipinski definition) is 1. The summed E-state index contributed by atoms with van der Waals surface area (Å²) in [6, 6.07) is 5.64. The molecule has 2 atom stereocenters. The minimum absolute atomic E-state index is 0.0470. The van der Waals surface area contributed by atoms with Gasteiger partial charge in [-0.1, -0.05) is 26.8 Å². The number of likely N-dealkylation sites (tertiary alicyclic amines) is 1. The minimum Gasteiger partial charge on any atom is -0.486 e. The van der Waals surface area contributed by atoms with Crippen molar-refractivity contribution in [1.82, 2.24) is 4.90 Å². The quantitative estimate of drug-likeness (QED) is 0.683. The smallest absolute Gasteiger partial charge is 0.407 e. The largest absolute Gasteiger partial charge is 0.486 e. The number of non-ortho nitro benzene ring substituents is 1. The van der Waals surface area contributed by atoms with E-state index in [0.717, 1.165) is 0 Å². The summed E-state index contributed by atoms with van der Waals surface area (Å²) in [6.45, 7) is 6.09. The van der Waals surface area contributed by atoms with Crippen LogP contribution >= 0.6 is 0 Å². The van der Waals surface area contributed by atoms with E-state index in [1.165, 1.54) is 17.0 Å². The molecule has 7 nitrogen and oxygen atoms in total. The van der Waals surface area contributed by atoms with Crippen LogP contribution in [0.5, 0.6) is 5.75 Å². The molecule has 2 rings (SSSR count). The maximum atomic E-state index is 11.2. The van der Waals surface area contributed by atoms with Crippen molar-refractivity contribution in [3.63, 3.8) is 0 Å². The summed E-state index contributed by atoms with van der Waals surface area (Å²) in [6.07, 6.45) is -1.28. The molecular formula is C14H18N2O5. The van der Waals surface area contributed by atoms with Crippen LogP contribution in [-0.2, 0) is 0 Å². The monoisotopic (exact) mass is 294 g/mol. The third-order valence-corrected chi connectivity index (χ3v) is 3.51. The van der Waals surface area contributed by atoms with Gasteiger partial charge in [-0.15, -0.1) is 0 Å². The normalized spacial score (nSPS) is 21.6. The van der Waals surface area contributed by atoms with Crippen molar-refractivity contribution in [3.05, 3.63) is 34.4 Å². The lowest BCUT2D eigenvalue weighted by molar-refractivity contribution is -0.385. The molecule has 0 aromatic heterocycles. The highest BCUT2D eigenvalue weighted by molar-refractivity contribution is 5.67. The summed E-state index contributed by atoms with van der Waals surface area (Å²) in [5.41, 5.74) is -0.323. The predicted molar refractivity (Wildman–Crippen MR) is 75.5 cm³/mol. The first-order chi connectivity index (χ1) is 9.70. The highest BCUT2D eigenvalue weighted by atomic mass is 16.6. The first-order valence-electron chi connectivity index (χ1n) is 6.61. The predicted octanol–water partition coefficient (Wildman–Crippen LogP) is 2.75. The van der Waals surface area contributed by atoms with Gasteiger partial charge in [0.25, 0.3) is 5.69 Å². The van der Waals surface area contributed by atoms with Crippen LogP contribution in [0.4, 0.5) is 10.5 Å². The number of amides is 1. The van der Waals surface area contributed by atoms with Crippen molar-refractivity contribution in [2.45, 2.75) is 32.9 Å². The van der Waals surface area contributed by atoms with Crippen LogP contribution in [0.2, 0.25) is 0 Å². The van der Waals surface area contributed by atoms with E-state index in [-0.39, 0.29) is 29.8 Å². The minimum atomic E-state index is -0.978. The van der Waals surface area contributed by atoms with Crippen LogP contribution in [0.25, 0.3) is 0 Å². The fraction of sp³-hybridized carbons (Fsp3) is 0.500. The first-order valence-corrected chi connectivity index (χ1v) is 6.61. The van der Waals surface area contributed by atoms with Crippen LogP contribution in [0.15, 0.2) is 24.3 Å². The van der Waals surface area contributed by atoms with Gasteiger partial charge in [0.1, 0.15) is 11.9 Å². The van der Waals surface area contributed by atoms with E-state index in [1.54, 1.807) is 12.1 Å². The molecule has 0 radical (unpaired) electrons. The van der Waals surface area contributed by atoms with Crippen LogP contribution in [0.1, 0.15) is 20.8 Å². The van der Waals surface area contributed by atoms with Crippen LogP contribution < -0.4 is 4.74 Å². The van der Waals surface area contributed by atoms with Gasteiger partial charge in [0.05, 0.1) is 23.6 Å². The zero-order valence-corrected chi connectivity index (χ0v) is 12.1. The molecular weight excluding hydrogens is 276 g/mol. The van der Waals surface area contributed by atoms with E-state index in [4.69, 9.17) is 9.84 Å². The molecule has 1 aliphatic heterocycles. The molecule has 1 aromatic carbocycles. The molecule has 1 aromatic rings. The molecule has 114 valence electrons. The van der Waals surface area contributed by atoms with E-state index >= 15 is 0 Å². The number of nitro groups is 1. The average molecular weight is 294 g/mol. The van der Waals surface area contributed by atoms with Crippen LogP contribution in [0, 0.1) is 15.5 Å². The summed E-state index contributed by atoms with van der Waals surface area (Å²) in [5.74, 6) is 0.383. The van der Waals surface area contributed by atoms with Gasteiger partial charge < -0.3 is 9.84 Å². The molecule has 1 saturated heterocycles. The zero-order chi connectivity index (χ0) is 15.8. The van der Waals surface area contributed by atoms with Crippen LogP contribution in [-0.4, -0.2) is 39.7 Å². The van der Waals surface area contributed by atoms with Crippen molar-refractivity contribution >= 4 is 11.8 Å². The number of carbonyl (C=O) groups is 1. The molecule has 1 fully saturated rings. The lowest BCUT2D eigenvalue weighted by atomic mass is 9.77. The fourth-order valence-electron chi connectivity index (χ4n) is 2.64. The lowest BCUT2D eigenvalue weighted by Crippen LogP contribution is -2.68. The third-order valence-electron chi connectivity index (χ3n) is 3.51. The maximum Gasteiger partial charge on any atom is 0.407 e. The molecule has 1 heterocycles. The molecule has 0 bridgehead atoms. The number of hydrogen-bond acceptors (Lipinski definition) is 4. The van der Waals surface area contributed by atoms with E-state index in [9.17, 15) is 14.9 Å². The van der Waals surface area contributed by atoms with Crippen molar-refractivity contribution in [2.24, 2.45) is 5.41 Å². The standard InChI is InChI=1S/C14H18N2O5/c1-14(2,3)12-11(8-15(12)13(17)18)21-10-6-4-5-9(7-10)16(19)20/h4-7,11-12H,8H2,1-3H3,(H,17,18). The Morgan fingerprint density at radius 3 is 2.67 bits per heavy atom. The topological polar surface area (TPSA) is 92.9 Å². The molecule has 1 amide bonds. The lowest BCUT2D eigenvalue weighted by Gasteiger charge is -2.51. The molecule has 21 heavy (non-hydrogen) atoms. The Morgan fingerprint density at radius 1 is 1.48 bits per heavy atom. The molecule has 0 spiro atoms. The fourth-order valence-corrected chi connectivity index (χ4v) is 2.64. The maximum absolute atomic E-state index is 11.2. The highest BCUT2D eigenvalue weighted by Crippen LogP contribution is 2.36. The Bertz CT molecular complexity index is 567. The Labute approximate surface area is 122 Å². The van der Waals surface area contributed by atoms with E-state index in [0.29, 0.717) is 5.75 Å². The number of nitro benzene ring substituents is 1. The van der Waals surface area contributed by atoms with Crippen LogP contribution in [0.3, 0.4) is 0 Å².